The summed E-state index contributed by atoms with van der Waals surface area (Å²) < 4.78 is 1.92. The van der Waals surface area contributed by atoms with E-state index in [1.54, 1.807) is 0 Å². The van der Waals surface area contributed by atoms with Gasteiger partial charge in [-0.15, -0.1) is 10.2 Å². The van der Waals surface area contributed by atoms with Crippen LogP contribution >= 0.6 is 0 Å². The zero-order valence-corrected chi connectivity index (χ0v) is 16.2. The van der Waals surface area contributed by atoms with E-state index in [-0.39, 0.29) is 6.03 Å². The summed E-state index contributed by atoms with van der Waals surface area (Å²) in [6, 6.07) is 13.8. The molecule has 0 unspecified atom stereocenters. The second-order valence-corrected chi connectivity index (χ2v) is 7.06. The van der Waals surface area contributed by atoms with Crippen molar-refractivity contribution in [3.05, 3.63) is 66.0 Å². The summed E-state index contributed by atoms with van der Waals surface area (Å²) in [6.07, 6.45) is 3.88. The highest BCUT2D eigenvalue weighted by Gasteiger charge is 2.22. The fraction of sp³-hybridized carbons (Fsp3) is 0.286. The van der Waals surface area contributed by atoms with Gasteiger partial charge < -0.3 is 19.7 Å². The molecule has 1 N–H and O–H groups in total. The van der Waals surface area contributed by atoms with Gasteiger partial charge in [0.1, 0.15) is 0 Å². The maximum atomic E-state index is 12.6. The summed E-state index contributed by atoms with van der Waals surface area (Å²) in [4.78, 5) is 16.6. The number of nitrogens with one attached hydrogen (secondary N) is 1. The fourth-order valence-electron chi connectivity index (χ4n) is 3.40. The molecular formula is C21H24N6O. The van der Waals surface area contributed by atoms with Crippen LogP contribution in [0.2, 0.25) is 0 Å². The summed E-state index contributed by atoms with van der Waals surface area (Å²) in [7, 11) is 0. The minimum Gasteiger partial charge on any atom is -0.352 e. The predicted molar refractivity (Wildman–Crippen MR) is 110 cm³/mol. The third-order valence-electron chi connectivity index (χ3n) is 5.02. The van der Waals surface area contributed by atoms with Crippen molar-refractivity contribution in [2.75, 3.05) is 36.4 Å². The van der Waals surface area contributed by atoms with Gasteiger partial charge in [0.15, 0.2) is 11.6 Å². The van der Waals surface area contributed by atoms with Crippen molar-refractivity contribution in [3.63, 3.8) is 0 Å². The Morgan fingerprint density at radius 1 is 0.929 bits per heavy atom. The number of anilines is 2. The minimum absolute atomic E-state index is 0.0550. The number of rotatable bonds is 3. The maximum absolute atomic E-state index is 12.6. The molecule has 1 saturated heterocycles. The molecule has 0 aliphatic carbocycles. The molecule has 1 aliphatic rings. The van der Waals surface area contributed by atoms with Gasteiger partial charge in [-0.1, -0.05) is 17.7 Å². The molecule has 144 valence electrons. The Labute approximate surface area is 164 Å². The largest absolute Gasteiger partial charge is 0.352 e. The number of carbonyl (C=O) groups is 1. The van der Waals surface area contributed by atoms with Crippen LogP contribution in [-0.2, 0) is 0 Å². The molecule has 2 aromatic heterocycles. The third kappa shape index (κ3) is 3.83. The number of hydrogen-bond acceptors (Lipinski definition) is 4. The molecule has 2 amide bonds. The number of urea groups is 1. The quantitative estimate of drug-likeness (QED) is 0.762. The molecule has 7 heteroatoms. The van der Waals surface area contributed by atoms with E-state index in [1.165, 1.54) is 5.56 Å². The summed E-state index contributed by atoms with van der Waals surface area (Å²) >= 11 is 0. The lowest BCUT2D eigenvalue weighted by atomic mass is 10.1. The van der Waals surface area contributed by atoms with Crippen LogP contribution in [0.3, 0.4) is 0 Å². The van der Waals surface area contributed by atoms with Crippen molar-refractivity contribution in [1.29, 1.82) is 0 Å². The lowest BCUT2D eigenvalue weighted by Crippen LogP contribution is -2.50. The zero-order chi connectivity index (χ0) is 19.5. The van der Waals surface area contributed by atoms with Gasteiger partial charge in [0.2, 0.25) is 0 Å². The van der Waals surface area contributed by atoms with E-state index >= 15 is 0 Å². The molecule has 0 bridgehead atoms. The van der Waals surface area contributed by atoms with E-state index in [0.29, 0.717) is 13.1 Å². The lowest BCUT2D eigenvalue weighted by molar-refractivity contribution is 0.208. The van der Waals surface area contributed by atoms with Crippen LogP contribution in [0.25, 0.3) is 5.82 Å². The third-order valence-corrected chi connectivity index (χ3v) is 5.02. The normalized spacial score (nSPS) is 14.2. The molecule has 0 spiro atoms. The highest BCUT2D eigenvalue weighted by molar-refractivity contribution is 5.90. The first-order chi connectivity index (χ1) is 13.6. The SMILES string of the molecule is Cc1ccc(NC(=O)N2CCN(c3ccc(-n4cccc4)nn3)CC2)c(C)c1. The molecule has 3 aromatic rings. The second-order valence-electron chi connectivity index (χ2n) is 7.06. The number of aromatic nitrogens is 3. The topological polar surface area (TPSA) is 66.3 Å². The molecular weight excluding hydrogens is 352 g/mol. The molecule has 1 aromatic carbocycles. The number of hydrogen-bond donors (Lipinski definition) is 1. The Hall–Kier alpha value is -3.35. The zero-order valence-electron chi connectivity index (χ0n) is 16.2. The average molecular weight is 376 g/mol. The van der Waals surface area contributed by atoms with E-state index in [4.69, 9.17) is 0 Å². The number of nitrogens with zero attached hydrogens (tertiary/aromatic N) is 5. The Morgan fingerprint density at radius 2 is 1.61 bits per heavy atom. The van der Waals surface area contributed by atoms with Crippen molar-refractivity contribution in [2.24, 2.45) is 0 Å². The number of aryl methyl sites for hydroxylation is 2. The van der Waals surface area contributed by atoms with E-state index in [1.807, 2.05) is 72.1 Å². The van der Waals surface area contributed by atoms with Crippen molar-refractivity contribution in [2.45, 2.75) is 13.8 Å². The number of piperazine rings is 1. The Balaban J connectivity index is 1.34. The van der Waals surface area contributed by atoms with Gasteiger partial charge in [0, 0.05) is 44.3 Å². The average Bonchev–Trinajstić information content (AvgIpc) is 3.25. The second kappa shape index (κ2) is 7.72. The molecule has 28 heavy (non-hydrogen) atoms. The maximum Gasteiger partial charge on any atom is 0.321 e. The predicted octanol–water partition coefficient (Wildman–Crippen LogP) is 3.24. The van der Waals surface area contributed by atoms with Gasteiger partial charge in [-0.2, -0.15) is 0 Å². The van der Waals surface area contributed by atoms with Crippen molar-refractivity contribution >= 4 is 17.5 Å². The number of amides is 2. The first kappa shape index (κ1) is 18.0. The van der Waals surface area contributed by atoms with Crippen molar-refractivity contribution < 1.29 is 4.79 Å². The van der Waals surface area contributed by atoms with E-state index in [9.17, 15) is 4.79 Å². The molecule has 0 atom stereocenters. The van der Waals surface area contributed by atoms with E-state index in [0.717, 1.165) is 36.0 Å². The van der Waals surface area contributed by atoms with Gasteiger partial charge in [-0.3, -0.25) is 0 Å². The van der Waals surface area contributed by atoms with Gasteiger partial charge in [0.25, 0.3) is 0 Å². The van der Waals surface area contributed by atoms with Gasteiger partial charge in [-0.05, 0) is 49.7 Å². The Bertz CT molecular complexity index is 944. The molecule has 7 nitrogen and oxygen atoms in total. The van der Waals surface area contributed by atoms with Crippen LogP contribution in [0.4, 0.5) is 16.3 Å². The lowest BCUT2D eigenvalue weighted by Gasteiger charge is -2.35. The van der Waals surface area contributed by atoms with Crippen LogP contribution < -0.4 is 10.2 Å². The van der Waals surface area contributed by atoms with Gasteiger partial charge in [0.05, 0.1) is 0 Å². The fourth-order valence-corrected chi connectivity index (χ4v) is 3.40. The number of benzene rings is 1. The first-order valence-corrected chi connectivity index (χ1v) is 9.45. The molecule has 4 rings (SSSR count). The van der Waals surface area contributed by atoms with Crippen LogP contribution in [0.1, 0.15) is 11.1 Å². The highest BCUT2D eigenvalue weighted by Crippen LogP contribution is 2.18. The van der Waals surface area contributed by atoms with Crippen molar-refractivity contribution in [1.82, 2.24) is 19.7 Å². The van der Waals surface area contributed by atoms with Crippen LogP contribution in [0, 0.1) is 13.8 Å². The van der Waals surface area contributed by atoms with E-state index in [2.05, 4.69) is 26.5 Å². The van der Waals surface area contributed by atoms with Gasteiger partial charge in [-0.25, -0.2) is 4.79 Å². The molecule has 0 radical (unpaired) electrons. The highest BCUT2D eigenvalue weighted by atomic mass is 16.2. The molecule has 1 aliphatic heterocycles. The summed E-state index contributed by atoms with van der Waals surface area (Å²) in [6.45, 7) is 6.83. The van der Waals surface area contributed by atoms with Crippen LogP contribution in [0.15, 0.2) is 54.9 Å². The summed E-state index contributed by atoms with van der Waals surface area (Å²) in [5, 5.41) is 11.7. The van der Waals surface area contributed by atoms with Crippen molar-refractivity contribution in [3.8, 4) is 5.82 Å². The first-order valence-electron chi connectivity index (χ1n) is 9.45. The van der Waals surface area contributed by atoms with Gasteiger partial charge >= 0.3 is 6.03 Å². The molecule has 1 fully saturated rings. The Kier molecular flexibility index (Phi) is 4.97. The smallest absolute Gasteiger partial charge is 0.321 e. The summed E-state index contributed by atoms with van der Waals surface area (Å²) in [5.41, 5.74) is 3.13. The van der Waals surface area contributed by atoms with E-state index < -0.39 is 0 Å². The number of carbonyl (C=O) groups excluding carboxylic acids is 1. The summed E-state index contributed by atoms with van der Waals surface area (Å²) in [5.74, 6) is 1.63. The Morgan fingerprint density at radius 3 is 2.25 bits per heavy atom. The monoisotopic (exact) mass is 376 g/mol. The molecule has 3 heterocycles. The van der Waals surface area contributed by atoms with Crippen LogP contribution in [0.5, 0.6) is 0 Å². The molecule has 0 saturated carbocycles. The standard InChI is InChI=1S/C21H24N6O/c1-16-5-6-18(17(2)15-16)22-21(28)27-13-11-26(12-14-27)20-8-7-19(23-24-20)25-9-3-4-10-25/h3-10,15H,11-14H2,1-2H3,(H,22,28). The minimum atomic E-state index is -0.0550. The van der Waals surface area contributed by atoms with Crippen LogP contribution in [-0.4, -0.2) is 51.9 Å².